The summed E-state index contributed by atoms with van der Waals surface area (Å²) in [5.41, 5.74) is 0.899. The molecule has 2 aromatic heterocycles. The summed E-state index contributed by atoms with van der Waals surface area (Å²) in [7, 11) is 1.80. The van der Waals surface area contributed by atoms with Gasteiger partial charge in [0.15, 0.2) is 0 Å². The number of carbonyl (C=O) groups excluding carboxylic acids is 1. The van der Waals surface area contributed by atoms with Crippen LogP contribution in [-0.2, 0) is 7.05 Å². The minimum absolute atomic E-state index is 0.290. The lowest BCUT2D eigenvalue weighted by Crippen LogP contribution is -2.12. The van der Waals surface area contributed by atoms with Crippen molar-refractivity contribution < 1.29 is 4.79 Å². The highest BCUT2D eigenvalue weighted by atomic mass is 79.9. The predicted molar refractivity (Wildman–Crippen MR) is 68.1 cm³/mol. The number of aryl methyl sites for hydroxylation is 1. The molecular formula is C10H8BrClN4O. The van der Waals surface area contributed by atoms with Crippen molar-refractivity contribution in [3.63, 3.8) is 0 Å². The van der Waals surface area contributed by atoms with Gasteiger partial charge < -0.3 is 9.88 Å². The molecule has 0 saturated carbocycles. The number of anilines is 1. The molecule has 1 N–H and O–H groups in total. The van der Waals surface area contributed by atoms with Crippen molar-refractivity contribution in [1.29, 1.82) is 0 Å². The fourth-order valence-corrected chi connectivity index (χ4v) is 1.67. The average molecular weight is 316 g/mol. The molecule has 0 aromatic carbocycles. The third-order valence-corrected chi connectivity index (χ3v) is 3.13. The summed E-state index contributed by atoms with van der Waals surface area (Å²) in [5.74, 6) is -0.290. The third kappa shape index (κ3) is 2.83. The fraction of sp³-hybridized carbons (Fsp3) is 0.100. The number of pyridine rings is 1. The highest BCUT2D eigenvalue weighted by Gasteiger charge is 2.09. The van der Waals surface area contributed by atoms with Crippen LogP contribution in [0.2, 0.25) is 5.15 Å². The highest BCUT2D eigenvalue weighted by molar-refractivity contribution is 9.10. The molecule has 0 radical (unpaired) electrons. The van der Waals surface area contributed by atoms with E-state index in [-0.39, 0.29) is 5.91 Å². The Bertz CT molecular complexity index is 569. The second kappa shape index (κ2) is 4.85. The van der Waals surface area contributed by atoms with E-state index in [1.165, 1.54) is 6.20 Å². The minimum atomic E-state index is -0.290. The molecule has 2 rings (SSSR count). The van der Waals surface area contributed by atoms with Crippen LogP contribution in [0.1, 0.15) is 10.5 Å². The van der Waals surface area contributed by atoms with Crippen molar-refractivity contribution in [3.8, 4) is 0 Å². The summed E-state index contributed by atoms with van der Waals surface area (Å²) in [6.45, 7) is 0. The summed E-state index contributed by atoms with van der Waals surface area (Å²) in [4.78, 5) is 19.6. The Morgan fingerprint density at radius 1 is 1.53 bits per heavy atom. The standard InChI is InChI=1S/C10H8BrClN4O/c1-16-4-8(14-5-16)10(17)15-6-2-7(11)9(12)13-3-6/h2-5H,1H3,(H,15,17). The Hall–Kier alpha value is -1.40. The quantitative estimate of drug-likeness (QED) is 0.866. The Labute approximate surface area is 111 Å². The lowest BCUT2D eigenvalue weighted by atomic mass is 10.4. The molecule has 0 unspecified atom stereocenters. The number of amides is 1. The van der Waals surface area contributed by atoms with Gasteiger partial charge in [0.25, 0.3) is 5.91 Å². The Balaban J connectivity index is 2.15. The van der Waals surface area contributed by atoms with Crippen LogP contribution in [-0.4, -0.2) is 20.4 Å². The number of halogens is 2. The van der Waals surface area contributed by atoms with Crippen molar-refractivity contribution in [2.45, 2.75) is 0 Å². The van der Waals surface area contributed by atoms with Gasteiger partial charge in [-0.25, -0.2) is 9.97 Å². The van der Waals surface area contributed by atoms with Gasteiger partial charge in [-0.15, -0.1) is 0 Å². The lowest BCUT2D eigenvalue weighted by Gasteiger charge is -2.03. The number of carbonyl (C=O) groups is 1. The first-order valence-electron chi connectivity index (χ1n) is 4.66. The van der Waals surface area contributed by atoms with E-state index in [0.717, 1.165) is 0 Å². The normalized spacial score (nSPS) is 10.3. The zero-order chi connectivity index (χ0) is 12.4. The molecule has 0 aliphatic heterocycles. The first kappa shape index (κ1) is 12.1. The van der Waals surface area contributed by atoms with Crippen LogP contribution in [0.25, 0.3) is 0 Å². The van der Waals surface area contributed by atoms with E-state index in [1.807, 2.05) is 0 Å². The van der Waals surface area contributed by atoms with Crippen LogP contribution < -0.4 is 5.32 Å². The van der Waals surface area contributed by atoms with E-state index in [1.54, 1.807) is 30.2 Å². The van der Waals surface area contributed by atoms with E-state index in [4.69, 9.17) is 11.6 Å². The van der Waals surface area contributed by atoms with Crippen molar-refractivity contribution in [2.75, 3.05) is 5.32 Å². The van der Waals surface area contributed by atoms with E-state index < -0.39 is 0 Å². The molecule has 1 amide bonds. The maximum atomic E-state index is 11.8. The van der Waals surface area contributed by atoms with Gasteiger partial charge in [0, 0.05) is 13.2 Å². The van der Waals surface area contributed by atoms with E-state index in [0.29, 0.717) is 21.0 Å². The van der Waals surface area contributed by atoms with Crippen LogP contribution in [0.3, 0.4) is 0 Å². The Morgan fingerprint density at radius 3 is 2.88 bits per heavy atom. The SMILES string of the molecule is Cn1cnc(C(=O)Nc2cnc(Cl)c(Br)c2)c1. The smallest absolute Gasteiger partial charge is 0.275 e. The lowest BCUT2D eigenvalue weighted by molar-refractivity contribution is 0.102. The summed E-state index contributed by atoms with van der Waals surface area (Å²) in [6, 6.07) is 1.68. The van der Waals surface area contributed by atoms with Crippen LogP contribution >= 0.6 is 27.5 Å². The van der Waals surface area contributed by atoms with Gasteiger partial charge in [-0.3, -0.25) is 4.79 Å². The van der Waals surface area contributed by atoms with Crippen LogP contribution in [0.4, 0.5) is 5.69 Å². The fourth-order valence-electron chi connectivity index (χ4n) is 1.21. The van der Waals surface area contributed by atoms with Crippen molar-refractivity contribution >= 4 is 39.1 Å². The summed E-state index contributed by atoms with van der Waals surface area (Å²) in [5, 5.41) is 3.02. The van der Waals surface area contributed by atoms with Gasteiger partial charge in [0.1, 0.15) is 10.8 Å². The molecular weight excluding hydrogens is 307 g/mol. The summed E-state index contributed by atoms with van der Waals surface area (Å²) >= 11 is 8.98. The van der Waals surface area contributed by atoms with Crippen molar-refractivity contribution in [1.82, 2.24) is 14.5 Å². The molecule has 7 heteroatoms. The largest absolute Gasteiger partial charge is 0.340 e. The van der Waals surface area contributed by atoms with Crippen molar-refractivity contribution in [2.24, 2.45) is 7.05 Å². The topological polar surface area (TPSA) is 59.8 Å². The van der Waals surface area contributed by atoms with Gasteiger partial charge in [0.05, 0.1) is 22.7 Å². The summed E-state index contributed by atoms with van der Waals surface area (Å²) in [6.07, 6.45) is 4.67. The molecule has 0 spiro atoms. The first-order valence-corrected chi connectivity index (χ1v) is 5.83. The molecule has 88 valence electrons. The third-order valence-electron chi connectivity index (χ3n) is 1.99. The molecule has 0 fully saturated rings. The number of nitrogens with zero attached hydrogens (tertiary/aromatic N) is 3. The molecule has 0 saturated heterocycles. The Morgan fingerprint density at radius 2 is 2.29 bits per heavy atom. The minimum Gasteiger partial charge on any atom is -0.340 e. The number of hydrogen-bond donors (Lipinski definition) is 1. The molecule has 17 heavy (non-hydrogen) atoms. The number of nitrogens with one attached hydrogen (secondary N) is 1. The van der Waals surface area contributed by atoms with E-state index >= 15 is 0 Å². The zero-order valence-electron chi connectivity index (χ0n) is 8.82. The number of aromatic nitrogens is 3. The molecule has 2 heterocycles. The predicted octanol–water partition coefficient (Wildman–Crippen LogP) is 2.48. The second-order valence-electron chi connectivity index (χ2n) is 3.38. The Kier molecular flexibility index (Phi) is 3.44. The molecule has 2 aromatic rings. The number of rotatable bonds is 2. The van der Waals surface area contributed by atoms with Gasteiger partial charge in [0.2, 0.25) is 0 Å². The molecule has 0 bridgehead atoms. The van der Waals surface area contributed by atoms with Gasteiger partial charge in [-0.2, -0.15) is 0 Å². The number of hydrogen-bond acceptors (Lipinski definition) is 3. The van der Waals surface area contributed by atoms with Crippen LogP contribution in [0, 0.1) is 0 Å². The first-order chi connectivity index (χ1) is 8.06. The zero-order valence-corrected chi connectivity index (χ0v) is 11.2. The van der Waals surface area contributed by atoms with E-state index in [2.05, 4.69) is 31.2 Å². The molecule has 0 aliphatic carbocycles. The average Bonchev–Trinajstić information content (AvgIpc) is 2.70. The van der Waals surface area contributed by atoms with Gasteiger partial charge in [-0.1, -0.05) is 11.6 Å². The van der Waals surface area contributed by atoms with Gasteiger partial charge in [-0.05, 0) is 22.0 Å². The maximum absolute atomic E-state index is 11.8. The highest BCUT2D eigenvalue weighted by Crippen LogP contribution is 2.22. The number of imidazole rings is 1. The van der Waals surface area contributed by atoms with Crippen LogP contribution in [0.5, 0.6) is 0 Å². The van der Waals surface area contributed by atoms with E-state index in [9.17, 15) is 4.79 Å². The van der Waals surface area contributed by atoms with Gasteiger partial charge >= 0.3 is 0 Å². The molecule has 5 nitrogen and oxygen atoms in total. The maximum Gasteiger partial charge on any atom is 0.275 e. The molecule has 0 atom stereocenters. The van der Waals surface area contributed by atoms with Crippen LogP contribution in [0.15, 0.2) is 29.3 Å². The second-order valence-corrected chi connectivity index (χ2v) is 4.59. The monoisotopic (exact) mass is 314 g/mol. The molecule has 0 aliphatic rings. The summed E-state index contributed by atoms with van der Waals surface area (Å²) < 4.78 is 2.32. The van der Waals surface area contributed by atoms with Crippen molar-refractivity contribution in [3.05, 3.63) is 40.1 Å².